The molecule has 0 radical (unpaired) electrons. The fraction of sp³-hybridized carbons (Fsp3) is 0.706. The SMILES string of the molecule is CC(C)N=C(/N=C1/C=C(NC(=NC(C)C)NC(C)C)C(NC(=NC(C)C)NC(C)C)=C/C1=N\C(=NC(C)C)NC(C)C)NC(C)C. The number of aliphatic imine (C=N–C) groups is 6. The minimum absolute atomic E-state index is 0.0431. The zero-order valence-electron chi connectivity index (χ0n) is 31.5. The lowest BCUT2D eigenvalue weighted by molar-refractivity contribution is 0.692. The smallest absolute Gasteiger partial charge is 0.219 e. The van der Waals surface area contributed by atoms with E-state index < -0.39 is 0 Å². The monoisotopic (exact) mass is 641 g/mol. The molecule has 0 heterocycles. The highest BCUT2D eigenvalue weighted by molar-refractivity contribution is 6.53. The molecule has 260 valence electrons. The van der Waals surface area contributed by atoms with Crippen molar-refractivity contribution < 1.29 is 0 Å². The zero-order chi connectivity index (χ0) is 35.1. The summed E-state index contributed by atoms with van der Waals surface area (Å²) in [6.45, 7) is 33.0. The standard InChI is InChI=1S/C34H64N12/c1-19(2)35-31(36-20(3)4)43-27-17-29(45-33(39-23(9)10)40-24(11)12)30(46-34(41-25(13)14)42-26(15)16)18-28(27)44-32(37-21(5)6)38-22(7)8/h17-26H,1-16H3,(H,35,36)(H,37,38)(H2,39,40,45)(H2,41,42,46)/b43-27-,44-28+. The minimum Gasteiger partial charge on any atom is -0.354 e. The van der Waals surface area contributed by atoms with E-state index in [1.807, 2.05) is 39.8 Å². The molecule has 12 heteroatoms. The van der Waals surface area contributed by atoms with Crippen molar-refractivity contribution in [2.75, 3.05) is 0 Å². The number of nitrogens with zero attached hydrogens (tertiary/aromatic N) is 6. The van der Waals surface area contributed by atoms with Crippen molar-refractivity contribution >= 4 is 35.3 Å². The van der Waals surface area contributed by atoms with Crippen LogP contribution in [0.25, 0.3) is 0 Å². The average molecular weight is 641 g/mol. The summed E-state index contributed by atoms with van der Waals surface area (Å²) in [5.74, 6) is 2.38. The first-order chi connectivity index (χ1) is 21.3. The predicted octanol–water partition coefficient (Wildman–Crippen LogP) is 4.88. The van der Waals surface area contributed by atoms with Crippen molar-refractivity contribution in [1.82, 2.24) is 31.9 Å². The molecule has 0 bridgehead atoms. The van der Waals surface area contributed by atoms with Crippen molar-refractivity contribution in [3.8, 4) is 0 Å². The van der Waals surface area contributed by atoms with E-state index in [2.05, 4.69) is 115 Å². The van der Waals surface area contributed by atoms with Gasteiger partial charge >= 0.3 is 0 Å². The van der Waals surface area contributed by atoms with E-state index in [-0.39, 0.29) is 48.3 Å². The topological polar surface area (TPSA) is 146 Å². The molecular formula is C34H64N12. The maximum absolute atomic E-state index is 5.05. The number of hydrogen-bond acceptors (Lipinski definition) is 4. The minimum atomic E-state index is 0.0431. The van der Waals surface area contributed by atoms with Crippen molar-refractivity contribution in [3.63, 3.8) is 0 Å². The second-order valence-electron chi connectivity index (χ2n) is 13.8. The highest BCUT2D eigenvalue weighted by Gasteiger charge is 2.23. The van der Waals surface area contributed by atoms with Gasteiger partial charge in [0.05, 0.1) is 22.8 Å². The lowest BCUT2D eigenvalue weighted by atomic mass is 10.0. The Labute approximate surface area is 279 Å². The van der Waals surface area contributed by atoms with E-state index >= 15 is 0 Å². The van der Waals surface area contributed by atoms with Gasteiger partial charge < -0.3 is 31.9 Å². The van der Waals surface area contributed by atoms with Crippen LogP contribution in [0.2, 0.25) is 0 Å². The summed E-state index contributed by atoms with van der Waals surface area (Å²) in [6.07, 6.45) is 3.95. The maximum Gasteiger partial charge on any atom is 0.219 e. The van der Waals surface area contributed by atoms with Crippen molar-refractivity contribution in [2.24, 2.45) is 30.0 Å². The molecule has 0 atom stereocenters. The van der Waals surface area contributed by atoms with Gasteiger partial charge in [0.15, 0.2) is 11.9 Å². The molecule has 1 rings (SSSR count). The molecule has 0 aromatic carbocycles. The van der Waals surface area contributed by atoms with Crippen LogP contribution < -0.4 is 31.9 Å². The van der Waals surface area contributed by atoms with Crippen LogP contribution in [0.4, 0.5) is 0 Å². The van der Waals surface area contributed by atoms with Gasteiger partial charge in [-0.3, -0.25) is 9.98 Å². The normalized spacial score (nSPS) is 17.4. The largest absolute Gasteiger partial charge is 0.354 e. The van der Waals surface area contributed by atoms with Crippen LogP contribution in [0.3, 0.4) is 0 Å². The molecular weight excluding hydrogens is 576 g/mol. The van der Waals surface area contributed by atoms with Crippen LogP contribution >= 0.6 is 0 Å². The Morgan fingerprint density at radius 3 is 0.935 bits per heavy atom. The molecule has 1 aliphatic carbocycles. The van der Waals surface area contributed by atoms with Gasteiger partial charge in [-0.2, -0.15) is 0 Å². The second-order valence-corrected chi connectivity index (χ2v) is 13.8. The Balaban J connectivity index is 4.15. The van der Waals surface area contributed by atoms with Gasteiger partial charge in [0, 0.05) is 48.3 Å². The van der Waals surface area contributed by atoms with Crippen LogP contribution in [0.5, 0.6) is 0 Å². The van der Waals surface area contributed by atoms with Gasteiger partial charge in [0.2, 0.25) is 11.9 Å². The molecule has 0 saturated heterocycles. The first-order valence-electron chi connectivity index (χ1n) is 16.9. The van der Waals surface area contributed by atoms with E-state index in [1.165, 1.54) is 0 Å². The Hall–Kier alpha value is -3.70. The summed E-state index contributed by atoms with van der Waals surface area (Å²) < 4.78 is 0. The van der Waals surface area contributed by atoms with Crippen molar-refractivity contribution in [1.29, 1.82) is 0 Å². The van der Waals surface area contributed by atoms with Crippen molar-refractivity contribution in [2.45, 2.75) is 159 Å². The third-order valence-electron chi connectivity index (χ3n) is 5.30. The maximum atomic E-state index is 5.05. The Morgan fingerprint density at radius 1 is 0.413 bits per heavy atom. The van der Waals surface area contributed by atoms with Crippen LogP contribution in [0.15, 0.2) is 53.5 Å². The van der Waals surface area contributed by atoms with Gasteiger partial charge in [-0.25, -0.2) is 20.0 Å². The third-order valence-corrected chi connectivity index (χ3v) is 5.30. The number of allylic oxidation sites excluding steroid dienone is 2. The van der Waals surface area contributed by atoms with Gasteiger partial charge in [-0.1, -0.05) is 0 Å². The van der Waals surface area contributed by atoms with E-state index in [1.54, 1.807) is 0 Å². The van der Waals surface area contributed by atoms with Crippen LogP contribution in [-0.4, -0.2) is 83.6 Å². The van der Waals surface area contributed by atoms with Gasteiger partial charge in [0.1, 0.15) is 0 Å². The van der Waals surface area contributed by atoms with Crippen LogP contribution in [0.1, 0.15) is 111 Å². The van der Waals surface area contributed by atoms with Crippen LogP contribution in [0, 0.1) is 0 Å². The number of guanidine groups is 4. The molecule has 0 fully saturated rings. The first kappa shape index (κ1) is 40.3. The molecule has 0 amide bonds. The second kappa shape index (κ2) is 19.7. The summed E-state index contributed by atoms with van der Waals surface area (Å²) >= 11 is 0. The fourth-order valence-electron chi connectivity index (χ4n) is 3.92. The molecule has 0 aromatic heterocycles. The molecule has 0 aliphatic heterocycles. The lowest BCUT2D eigenvalue weighted by Gasteiger charge is -2.25. The highest BCUT2D eigenvalue weighted by Crippen LogP contribution is 2.14. The van der Waals surface area contributed by atoms with Crippen LogP contribution in [-0.2, 0) is 0 Å². The van der Waals surface area contributed by atoms with E-state index in [4.69, 9.17) is 30.0 Å². The van der Waals surface area contributed by atoms with E-state index in [0.717, 1.165) is 11.4 Å². The fourth-order valence-corrected chi connectivity index (χ4v) is 3.92. The summed E-state index contributed by atoms with van der Waals surface area (Å²) in [6, 6.07) is 0.830. The molecule has 0 saturated carbocycles. The number of hydrogen-bond donors (Lipinski definition) is 6. The molecule has 12 nitrogen and oxygen atoms in total. The summed E-state index contributed by atoms with van der Waals surface area (Å²) in [5.41, 5.74) is 2.74. The molecule has 0 unspecified atom stereocenters. The van der Waals surface area contributed by atoms with Crippen molar-refractivity contribution in [3.05, 3.63) is 23.5 Å². The summed E-state index contributed by atoms with van der Waals surface area (Å²) in [7, 11) is 0. The van der Waals surface area contributed by atoms with Gasteiger partial charge in [-0.05, 0) is 123 Å². The average Bonchev–Trinajstić information content (AvgIpc) is 2.83. The molecule has 0 aromatic rings. The third kappa shape index (κ3) is 17.1. The molecule has 46 heavy (non-hydrogen) atoms. The zero-order valence-corrected chi connectivity index (χ0v) is 31.5. The first-order valence-corrected chi connectivity index (χ1v) is 16.9. The Bertz CT molecular complexity index is 1110. The van der Waals surface area contributed by atoms with E-state index in [9.17, 15) is 0 Å². The summed E-state index contributed by atoms with van der Waals surface area (Å²) in [5, 5.41) is 20.8. The molecule has 1 aliphatic rings. The Kier molecular flexibility index (Phi) is 17.3. The highest BCUT2D eigenvalue weighted by atomic mass is 15.2. The van der Waals surface area contributed by atoms with Gasteiger partial charge in [-0.15, -0.1) is 0 Å². The molecule has 0 spiro atoms. The predicted molar refractivity (Wildman–Crippen MR) is 201 cm³/mol. The van der Waals surface area contributed by atoms with Gasteiger partial charge in [0.25, 0.3) is 0 Å². The quantitative estimate of drug-likeness (QED) is 0.114. The molecule has 6 N–H and O–H groups in total. The number of rotatable bonds is 10. The van der Waals surface area contributed by atoms with E-state index in [0.29, 0.717) is 35.3 Å². The lowest BCUT2D eigenvalue weighted by Crippen LogP contribution is -2.47. The number of nitrogens with one attached hydrogen (secondary N) is 6. The summed E-state index contributed by atoms with van der Waals surface area (Å²) in [4.78, 5) is 29.3. The Morgan fingerprint density at radius 2 is 0.696 bits per heavy atom.